The van der Waals surface area contributed by atoms with Gasteiger partial charge >= 0.3 is 0 Å². The fourth-order valence-corrected chi connectivity index (χ4v) is 2.14. The lowest BCUT2D eigenvalue weighted by Crippen LogP contribution is -2.13. The topological polar surface area (TPSA) is 95.4 Å². The molecule has 0 saturated heterocycles. The van der Waals surface area contributed by atoms with Crippen molar-refractivity contribution in [3.05, 3.63) is 48.5 Å². The van der Waals surface area contributed by atoms with Gasteiger partial charge in [-0.05, 0) is 30.3 Å². The molecule has 0 bridgehead atoms. The summed E-state index contributed by atoms with van der Waals surface area (Å²) in [4.78, 5) is -0.133. The van der Waals surface area contributed by atoms with Gasteiger partial charge in [0.15, 0.2) is 0 Å². The van der Waals surface area contributed by atoms with Crippen molar-refractivity contribution >= 4 is 15.7 Å². The zero-order valence-electron chi connectivity index (χ0n) is 9.41. The highest BCUT2D eigenvalue weighted by Gasteiger charge is 2.16. The molecule has 94 valence electrons. The van der Waals surface area contributed by atoms with Crippen molar-refractivity contribution in [3.63, 3.8) is 0 Å². The smallest absolute Gasteiger partial charge is 0.241 e. The minimum Gasteiger partial charge on any atom is -0.456 e. The van der Waals surface area contributed by atoms with Crippen molar-refractivity contribution in [2.24, 2.45) is 5.14 Å². The summed E-state index contributed by atoms with van der Waals surface area (Å²) in [5.41, 5.74) is 5.85. The summed E-state index contributed by atoms with van der Waals surface area (Å²) in [5.74, 6) is 0.671. The van der Waals surface area contributed by atoms with Crippen LogP contribution in [0.25, 0.3) is 0 Å². The van der Waals surface area contributed by atoms with E-state index in [0.29, 0.717) is 11.4 Å². The molecular formula is C12H12N2O3S. The highest BCUT2D eigenvalue weighted by molar-refractivity contribution is 7.89. The zero-order chi connectivity index (χ0) is 13.2. The SMILES string of the molecule is Nc1ccc(Oc2ccccc2)c(S(N)(=O)=O)c1. The maximum absolute atomic E-state index is 11.4. The normalized spacial score (nSPS) is 11.2. The van der Waals surface area contributed by atoms with E-state index in [1.165, 1.54) is 12.1 Å². The number of para-hydroxylation sites is 1. The van der Waals surface area contributed by atoms with Gasteiger partial charge in [-0.25, -0.2) is 13.6 Å². The molecule has 18 heavy (non-hydrogen) atoms. The molecule has 2 rings (SSSR count). The van der Waals surface area contributed by atoms with E-state index in [-0.39, 0.29) is 10.6 Å². The molecule has 5 nitrogen and oxygen atoms in total. The van der Waals surface area contributed by atoms with Crippen LogP contribution in [0.1, 0.15) is 0 Å². The van der Waals surface area contributed by atoms with Gasteiger partial charge in [-0.15, -0.1) is 0 Å². The highest BCUT2D eigenvalue weighted by atomic mass is 32.2. The molecule has 0 radical (unpaired) electrons. The Hall–Kier alpha value is -2.05. The summed E-state index contributed by atoms with van der Waals surface area (Å²) in [6, 6.07) is 13.1. The summed E-state index contributed by atoms with van der Waals surface area (Å²) in [5, 5.41) is 5.12. The fraction of sp³-hybridized carbons (Fsp3) is 0. The predicted octanol–water partition coefficient (Wildman–Crippen LogP) is 1.71. The Balaban J connectivity index is 2.46. The van der Waals surface area contributed by atoms with E-state index in [2.05, 4.69) is 0 Å². The quantitative estimate of drug-likeness (QED) is 0.825. The third-order valence-corrected chi connectivity index (χ3v) is 3.18. The van der Waals surface area contributed by atoms with E-state index in [1.54, 1.807) is 30.3 Å². The molecular weight excluding hydrogens is 252 g/mol. The fourth-order valence-electron chi connectivity index (χ4n) is 1.45. The molecule has 0 aromatic heterocycles. The molecule has 0 spiro atoms. The summed E-state index contributed by atoms with van der Waals surface area (Å²) in [6.45, 7) is 0. The Labute approximate surface area is 105 Å². The van der Waals surface area contributed by atoms with Gasteiger partial charge in [0.05, 0.1) is 0 Å². The van der Waals surface area contributed by atoms with Crippen molar-refractivity contribution < 1.29 is 13.2 Å². The van der Waals surface area contributed by atoms with E-state index in [0.717, 1.165) is 0 Å². The summed E-state index contributed by atoms with van der Waals surface area (Å²) >= 11 is 0. The van der Waals surface area contributed by atoms with Crippen LogP contribution in [0.3, 0.4) is 0 Å². The standard InChI is InChI=1S/C12H12N2O3S/c13-9-6-7-11(12(8-9)18(14,15)16)17-10-4-2-1-3-5-10/h1-8H,13H2,(H2,14,15,16). The number of hydrogen-bond acceptors (Lipinski definition) is 4. The minimum absolute atomic E-state index is 0.133. The molecule has 0 atom stereocenters. The van der Waals surface area contributed by atoms with Crippen molar-refractivity contribution in [1.29, 1.82) is 0 Å². The Morgan fingerprint density at radius 2 is 1.67 bits per heavy atom. The van der Waals surface area contributed by atoms with E-state index in [1.807, 2.05) is 6.07 Å². The number of nitrogen functional groups attached to an aromatic ring is 1. The Bertz CT molecular complexity index is 654. The maximum Gasteiger partial charge on any atom is 0.241 e. The van der Waals surface area contributed by atoms with Crippen molar-refractivity contribution in [1.82, 2.24) is 0 Å². The first-order valence-corrected chi connectivity index (χ1v) is 6.67. The summed E-state index contributed by atoms with van der Waals surface area (Å²) in [6.07, 6.45) is 0. The molecule has 0 unspecified atom stereocenters. The molecule has 0 fully saturated rings. The number of benzene rings is 2. The average Bonchev–Trinajstić information content (AvgIpc) is 2.31. The molecule has 0 saturated carbocycles. The average molecular weight is 264 g/mol. The number of nitrogens with two attached hydrogens (primary N) is 2. The number of primary sulfonamides is 1. The van der Waals surface area contributed by atoms with Gasteiger partial charge in [0.2, 0.25) is 10.0 Å². The first-order chi connectivity index (χ1) is 8.47. The predicted molar refractivity (Wildman–Crippen MR) is 68.7 cm³/mol. The second kappa shape index (κ2) is 4.67. The maximum atomic E-state index is 11.4. The third-order valence-electron chi connectivity index (χ3n) is 2.25. The lowest BCUT2D eigenvalue weighted by molar-refractivity contribution is 0.467. The first-order valence-electron chi connectivity index (χ1n) is 5.12. The van der Waals surface area contributed by atoms with E-state index < -0.39 is 10.0 Å². The van der Waals surface area contributed by atoms with Crippen LogP contribution in [0.5, 0.6) is 11.5 Å². The second-order valence-electron chi connectivity index (χ2n) is 3.67. The third kappa shape index (κ3) is 2.79. The van der Waals surface area contributed by atoms with Crippen molar-refractivity contribution in [2.45, 2.75) is 4.90 Å². The van der Waals surface area contributed by atoms with Gasteiger partial charge in [-0.2, -0.15) is 0 Å². The lowest BCUT2D eigenvalue weighted by Gasteiger charge is -2.10. The first kappa shape index (κ1) is 12.4. The molecule has 2 aromatic rings. The Morgan fingerprint density at radius 3 is 2.28 bits per heavy atom. The summed E-state index contributed by atoms with van der Waals surface area (Å²) in [7, 11) is -3.88. The van der Waals surface area contributed by atoms with Crippen molar-refractivity contribution in [2.75, 3.05) is 5.73 Å². The van der Waals surface area contributed by atoms with Gasteiger partial charge in [-0.1, -0.05) is 18.2 Å². The van der Waals surface area contributed by atoms with Crippen LogP contribution in [-0.4, -0.2) is 8.42 Å². The van der Waals surface area contributed by atoms with Crippen LogP contribution in [0.4, 0.5) is 5.69 Å². The number of ether oxygens (including phenoxy) is 1. The van der Waals surface area contributed by atoms with Crippen LogP contribution in [0.15, 0.2) is 53.4 Å². The highest BCUT2D eigenvalue weighted by Crippen LogP contribution is 2.29. The lowest BCUT2D eigenvalue weighted by atomic mass is 10.3. The van der Waals surface area contributed by atoms with Gasteiger partial charge in [0.1, 0.15) is 16.4 Å². The van der Waals surface area contributed by atoms with Crippen LogP contribution >= 0.6 is 0 Å². The molecule has 0 heterocycles. The van der Waals surface area contributed by atoms with E-state index in [4.69, 9.17) is 15.6 Å². The van der Waals surface area contributed by atoms with E-state index >= 15 is 0 Å². The largest absolute Gasteiger partial charge is 0.456 e. The molecule has 4 N–H and O–H groups in total. The van der Waals surface area contributed by atoms with Crippen LogP contribution in [0, 0.1) is 0 Å². The number of anilines is 1. The number of sulfonamides is 1. The van der Waals surface area contributed by atoms with Crippen LogP contribution < -0.4 is 15.6 Å². The van der Waals surface area contributed by atoms with Gasteiger partial charge in [0, 0.05) is 5.69 Å². The Kier molecular flexibility index (Phi) is 3.22. The minimum atomic E-state index is -3.88. The summed E-state index contributed by atoms with van der Waals surface area (Å²) < 4.78 is 28.4. The van der Waals surface area contributed by atoms with Gasteiger partial charge < -0.3 is 10.5 Å². The molecule has 2 aromatic carbocycles. The molecule has 6 heteroatoms. The van der Waals surface area contributed by atoms with Crippen LogP contribution in [-0.2, 0) is 10.0 Å². The monoisotopic (exact) mass is 264 g/mol. The molecule has 0 amide bonds. The molecule has 0 aliphatic carbocycles. The molecule has 0 aliphatic rings. The number of hydrogen-bond donors (Lipinski definition) is 2. The van der Waals surface area contributed by atoms with Gasteiger partial charge in [-0.3, -0.25) is 0 Å². The molecule has 0 aliphatic heterocycles. The van der Waals surface area contributed by atoms with Crippen LogP contribution in [0.2, 0.25) is 0 Å². The second-order valence-corrected chi connectivity index (χ2v) is 5.20. The Morgan fingerprint density at radius 1 is 1.00 bits per heavy atom. The van der Waals surface area contributed by atoms with E-state index in [9.17, 15) is 8.42 Å². The number of rotatable bonds is 3. The van der Waals surface area contributed by atoms with Gasteiger partial charge in [0.25, 0.3) is 0 Å². The van der Waals surface area contributed by atoms with Crippen molar-refractivity contribution in [3.8, 4) is 11.5 Å². The zero-order valence-corrected chi connectivity index (χ0v) is 10.2.